The van der Waals surface area contributed by atoms with Crippen LogP contribution in [0.2, 0.25) is 0 Å². The van der Waals surface area contributed by atoms with Gasteiger partial charge >= 0.3 is 0 Å². The highest BCUT2D eigenvalue weighted by atomic mass is 16.3. The Balaban J connectivity index is 1.66. The summed E-state index contributed by atoms with van der Waals surface area (Å²) in [5.74, 6) is 1.68. The molecular formula is C17H24N4O. The minimum Gasteiger partial charge on any atom is -0.467 e. The molecule has 0 unspecified atom stereocenters. The minimum absolute atomic E-state index is 0.546. The molecule has 1 heterocycles. The van der Waals surface area contributed by atoms with Gasteiger partial charge in [-0.3, -0.25) is 0 Å². The Kier molecular flexibility index (Phi) is 6.88. The highest BCUT2D eigenvalue weighted by Gasteiger charge is 1.98. The second-order valence-electron chi connectivity index (χ2n) is 4.85. The van der Waals surface area contributed by atoms with E-state index in [4.69, 9.17) is 4.42 Å². The van der Waals surface area contributed by atoms with E-state index in [1.54, 1.807) is 6.26 Å². The van der Waals surface area contributed by atoms with Crippen LogP contribution in [-0.4, -0.2) is 25.6 Å². The first-order valence-corrected chi connectivity index (χ1v) is 7.72. The Bertz CT molecular complexity index is 537. The second kappa shape index (κ2) is 9.50. The molecule has 0 fully saturated rings. The Morgan fingerprint density at radius 1 is 1.05 bits per heavy atom. The average molecular weight is 300 g/mol. The molecule has 5 heteroatoms. The fourth-order valence-corrected chi connectivity index (χ4v) is 1.99. The molecule has 0 atom stereocenters. The van der Waals surface area contributed by atoms with Crippen molar-refractivity contribution in [3.05, 3.63) is 54.5 Å². The maximum Gasteiger partial charge on any atom is 0.191 e. The van der Waals surface area contributed by atoms with Gasteiger partial charge in [-0.05, 0) is 37.6 Å². The zero-order valence-corrected chi connectivity index (χ0v) is 13.0. The molecule has 5 nitrogen and oxygen atoms in total. The van der Waals surface area contributed by atoms with E-state index in [0.717, 1.165) is 43.5 Å². The van der Waals surface area contributed by atoms with Gasteiger partial charge in [0.2, 0.25) is 0 Å². The van der Waals surface area contributed by atoms with E-state index >= 15 is 0 Å². The van der Waals surface area contributed by atoms with Gasteiger partial charge in [0, 0.05) is 25.3 Å². The number of hydrogen-bond acceptors (Lipinski definition) is 3. The molecule has 2 aromatic rings. The van der Waals surface area contributed by atoms with Gasteiger partial charge in [-0.15, -0.1) is 0 Å². The summed E-state index contributed by atoms with van der Waals surface area (Å²) in [4.78, 5) is 4.49. The van der Waals surface area contributed by atoms with Crippen LogP contribution in [0, 0.1) is 0 Å². The molecule has 0 aliphatic carbocycles. The van der Waals surface area contributed by atoms with Crippen LogP contribution in [0.25, 0.3) is 0 Å². The van der Waals surface area contributed by atoms with Crippen molar-refractivity contribution >= 4 is 11.6 Å². The molecule has 0 aliphatic heterocycles. The largest absolute Gasteiger partial charge is 0.467 e. The number of furan rings is 1. The Morgan fingerprint density at radius 3 is 2.64 bits per heavy atom. The van der Waals surface area contributed by atoms with Crippen molar-refractivity contribution in [2.45, 2.75) is 19.9 Å². The maximum atomic E-state index is 5.28. The fraction of sp³-hybridized carbons (Fsp3) is 0.353. The third kappa shape index (κ3) is 5.91. The molecule has 3 N–H and O–H groups in total. The van der Waals surface area contributed by atoms with Crippen molar-refractivity contribution < 1.29 is 4.42 Å². The zero-order chi connectivity index (χ0) is 15.5. The Hall–Kier alpha value is -2.43. The Labute approximate surface area is 131 Å². The molecule has 1 aromatic carbocycles. The lowest BCUT2D eigenvalue weighted by molar-refractivity contribution is 0.512. The number of guanidine groups is 1. The molecule has 0 aliphatic rings. The smallest absolute Gasteiger partial charge is 0.191 e. The number of benzene rings is 1. The number of nitrogens with one attached hydrogen (secondary N) is 3. The number of nitrogens with zero attached hydrogens (tertiary/aromatic N) is 1. The van der Waals surface area contributed by atoms with Gasteiger partial charge in [0.05, 0.1) is 6.26 Å². The number of para-hydroxylation sites is 1. The summed E-state index contributed by atoms with van der Waals surface area (Å²) in [6.07, 6.45) is 2.68. The second-order valence-corrected chi connectivity index (χ2v) is 4.85. The summed E-state index contributed by atoms with van der Waals surface area (Å²) >= 11 is 0. The summed E-state index contributed by atoms with van der Waals surface area (Å²) in [7, 11) is 0. The van der Waals surface area contributed by atoms with E-state index in [0.29, 0.717) is 6.54 Å². The van der Waals surface area contributed by atoms with Gasteiger partial charge in [-0.25, -0.2) is 4.99 Å². The van der Waals surface area contributed by atoms with Crippen molar-refractivity contribution in [2.24, 2.45) is 4.99 Å². The molecule has 1 aromatic heterocycles. The van der Waals surface area contributed by atoms with Crippen LogP contribution in [0.15, 0.2) is 58.1 Å². The first-order chi connectivity index (χ1) is 10.9. The normalized spacial score (nSPS) is 11.2. The third-order valence-corrected chi connectivity index (χ3v) is 3.07. The van der Waals surface area contributed by atoms with Crippen molar-refractivity contribution in [3.63, 3.8) is 0 Å². The van der Waals surface area contributed by atoms with Crippen LogP contribution in [0.5, 0.6) is 0 Å². The van der Waals surface area contributed by atoms with Crippen LogP contribution in [0.1, 0.15) is 19.1 Å². The van der Waals surface area contributed by atoms with E-state index in [9.17, 15) is 0 Å². The van der Waals surface area contributed by atoms with E-state index in [-0.39, 0.29) is 0 Å². The first kappa shape index (κ1) is 15.9. The lowest BCUT2D eigenvalue weighted by atomic mass is 10.3. The molecule has 0 bridgehead atoms. The Morgan fingerprint density at radius 2 is 1.91 bits per heavy atom. The summed E-state index contributed by atoms with van der Waals surface area (Å²) in [6.45, 7) is 5.23. The highest BCUT2D eigenvalue weighted by molar-refractivity contribution is 5.79. The molecule has 22 heavy (non-hydrogen) atoms. The van der Waals surface area contributed by atoms with Gasteiger partial charge in [-0.1, -0.05) is 18.2 Å². The molecule has 0 radical (unpaired) electrons. The molecular weight excluding hydrogens is 276 g/mol. The zero-order valence-electron chi connectivity index (χ0n) is 13.0. The van der Waals surface area contributed by atoms with Crippen LogP contribution in [0.4, 0.5) is 5.69 Å². The van der Waals surface area contributed by atoms with Crippen molar-refractivity contribution in [3.8, 4) is 0 Å². The van der Waals surface area contributed by atoms with E-state index in [2.05, 4.69) is 40.0 Å². The fourth-order valence-electron chi connectivity index (χ4n) is 1.99. The van der Waals surface area contributed by atoms with E-state index in [1.807, 2.05) is 30.3 Å². The van der Waals surface area contributed by atoms with Crippen molar-refractivity contribution in [2.75, 3.05) is 25.0 Å². The monoisotopic (exact) mass is 300 g/mol. The van der Waals surface area contributed by atoms with Gasteiger partial charge in [-0.2, -0.15) is 0 Å². The van der Waals surface area contributed by atoms with E-state index in [1.165, 1.54) is 0 Å². The van der Waals surface area contributed by atoms with Gasteiger partial charge < -0.3 is 20.4 Å². The average Bonchev–Trinajstić information content (AvgIpc) is 3.06. The van der Waals surface area contributed by atoms with Crippen LogP contribution in [-0.2, 0) is 6.54 Å². The van der Waals surface area contributed by atoms with Crippen molar-refractivity contribution in [1.29, 1.82) is 0 Å². The molecule has 0 saturated heterocycles. The predicted molar refractivity (Wildman–Crippen MR) is 91.1 cm³/mol. The van der Waals surface area contributed by atoms with Gasteiger partial charge in [0.15, 0.2) is 5.96 Å². The standard InChI is InChI=1S/C17H24N4O/c1-2-18-17(21-14-16-10-6-13-22-16)20-12-7-11-19-15-8-4-3-5-9-15/h3-6,8-10,13,19H,2,7,11-12,14H2,1H3,(H2,18,20,21). The molecule has 118 valence electrons. The van der Waals surface area contributed by atoms with E-state index < -0.39 is 0 Å². The molecule has 2 rings (SSSR count). The number of rotatable bonds is 8. The lowest BCUT2D eigenvalue weighted by Crippen LogP contribution is -2.38. The molecule has 0 spiro atoms. The topological polar surface area (TPSA) is 61.6 Å². The summed E-state index contributed by atoms with van der Waals surface area (Å²) in [5.41, 5.74) is 1.15. The third-order valence-electron chi connectivity index (χ3n) is 3.07. The number of anilines is 1. The van der Waals surface area contributed by atoms with Gasteiger partial charge in [0.1, 0.15) is 12.3 Å². The van der Waals surface area contributed by atoms with Crippen molar-refractivity contribution in [1.82, 2.24) is 10.6 Å². The maximum absolute atomic E-state index is 5.28. The quantitative estimate of drug-likeness (QED) is 0.398. The summed E-state index contributed by atoms with van der Waals surface area (Å²) in [5, 5.41) is 9.95. The van der Waals surface area contributed by atoms with Gasteiger partial charge in [0.25, 0.3) is 0 Å². The molecule has 0 amide bonds. The minimum atomic E-state index is 0.546. The number of hydrogen-bond donors (Lipinski definition) is 3. The highest BCUT2D eigenvalue weighted by Crippen LogP contribution is 2.04. The van der Waals surface area contributed by atoms with Crippen LogP contribution < -0.4 is 16.0 Å². The van der Waals surface area contributed by atoms with Crippen LogP contribution >= 0.6 is 0 Å². The summed E-state index contributed by atoms with van der Waals surface area (Å²) < 4.78 is 5.28. The molecule has 0 saturated carbocycles. The first-order valence-electron chi connectivity index (χ1n) is 7.72. The SMILES string of the molecule is CCNC(=NCc1ccco1)NCCCNc1ccccc1. The number of aliphatic imine (C=N–C) groups is 1. The lowest BCUT2D eigenvalue weighted by Gasteiger charge is -2.11. The van der Waals surface area contributed by atoms with Crippen LogP contribution in [0.3, 0.4) is 0 Å². The predicted octanol–water partition coefficient (Wildman–Crippen LogP) is 2.84. The summed E-state index contributed by atoms with van der Waals surface area (Å²) in [6, 6.07) is 14.0.